The molecule has 0 fully saturated rings. The molecule has 1 aliphatic rings. The molecule has 1 atom stereocenters. The van der Waals surface area contributed by atoms with E-state index < -0.39 is 0 Å². The smallest absolute Gasteiger partial charge is 0.0732 e. The SMILES string of the molecule is Cl.Clc1ccc2[nH]c3c(c2c1)CCNC3c1ccccc1. The largest absolute Gasteiger partial charge is 0.357 e. The zero-order valence-corrected chi connectivity index (χ0v) is 13.0. The Balaban J connectivity index is 0.00000132. The predicted octanol–water partition coefficient (Wildman–Crippen LogP) is 4.48. The number of hydrogen-bond acceptors (Lipinski definition) is 1. The zero-order chi connectivity index (χ0) is 13.5. The van der Waals surface area contributed by atoms with Gasteiger partial charge in [-0.2, -0.15) is 0 Å². The first-order chi connectivity index (χ1) is 9.83. The van der Waals surface area contributed by atoms with Crippen molar-refractivity contribution in [2.24, 2.45) is 0 Å². The van der Waals surface area contributed by atoms with E-state index in [9.17, 15) is 0 Å². The van der Waals surface area contributed by atoms with Crippen LogP contribution < -0.4 is 5.32 Å². The Morgan fingerprint density at radius 3 is 2.67 bits per heavy atom. The Hall–Kier alpha value is -1.48. The minimum atomic E-state index is 0. The molecule has 0 saturated carbocycles. The monoisotopic (exact) mass is 318 g/mol. The van der Waals surface area contributed by atoms with Crippen LogP contribution in [0.2, 0.25) is 5.02 Å². The van der Waals surface area contributed by atoms with E-state index in [-0.39, 0.29) is 18.4 Å². The summed E-state index contributed by atoms with van der Waals surface area (Å²) in [4.78, 5) is 3.57. The molecular weight excluding hydrogens is 303 g/mol. The number of benzene rings is 2. The van der Waals surface area contributed by atoms with Crippen molar-refractivity contribution in [3.63, 3.8) is 0 Å². The topological polar surface area (TPSA) is 27.8 Å². The number of aromatic nitrogens is 1. The first kappa shape index (κ1) is 14.5. The minimum Gasteiger partial charge on any atom is -0.357 e. The van der Waals surface area contributed by atoms with Crippen molar-refractivity contribution in [3.8, 4) is 0 Å². The van der Waals surface area contributed by atoms with Crippen LogP contribution in [0.4, 0.5) is 0 Å². The lowest BCUT2D eigenvalue weighted by atomic mass is 9.94. The maximum absolute atomic E-state index is 6.14. The molecule has 0 aliphatic carbocycles. The molecular formula is C17H16Cl2N2. The molecule has 2 nitrogen and oxygen atoms in total. The third-order valence-electron chi connectivity index (χ3n) is 4.05. The van der Waals surface area contributed by atoms with Gasteiger partial charge in [-0.15, -0.1) is 12.4 Å². The second-order valence-electron chi connectivity index (χ2n) is 5.25. The van der Waals surface area contributed by atoms with Crippen LogP contribution in [-0.2, 0) is 6.42 Å². The van der Waals surface area contributed by atoms with Gasteiger partial charge in [-0.3, -0.25) is 0 Å². The molecule has 108 valence electrons. The van der Waals surface area contributed by atoms with Gasteiger partial charge in [-0.25, -0.2) is 0 Å². The van der Waals surface area contributed by atoms with Gasteiger partial charge in [0.2, 0.25) is 0 Å². The van der Waals surface area contributed by atoms with Gasteiger partial charge >= 0.3 is 0 Å². The Morgan fingerprint density at radius 2 is 1.86 bits per heavy atom. The zero-order valence-electron chi connectivity index (χ0n) is 11.4. The van der Waals surface area contributed by atoms with Gasteiger partial charge in [0.25, 0.3) is 0 Å². The summed E-state index contributed by atoms with van der Waals surface area (Å²) in [5.74, 6) is 0. The molecule has 4 rings (SSSR count). The van der Waals surface area contributed by atoms with Gasteiger partial charge < -0.3 is 10.3 Å². The molecule has 2 aromatic carbocycles. The molecule has 3 aromatic rings. The van der Waals surface area contributed by atoms with Crippen molar-refractivity contribution in [3.05, 3.63) is 70.4 Å². The third kappa shape index (κ3) is 2.44. The maximum Gasteiger partial charge on any atom is 0.0732 e. The van der Waals surface area contributed by atoms with Crippen LogP contribution in [0.3, 0.4) is 0 Å². The highest BCUT2D eigenvalue weighted by Gasteiger charge is 2.24. The van der Waals surface area contributed by atoms with E-state index in [1.54, 1.807) is 0 Å². The van der Waals surface area contributed by atoms with Crippen molar-refractivity contribution in [1.82, 2.24) is 10.3 Å². The summed E-state index contributed by atoms with van der Waals surface area (Å²) in [6.07, 6.45) is 1.04. The molecule has 2 heterocycles. The van der Waals surface area contributed by atoms with Gasteiger partial charge in [0.05, 0.1) is 6.04 Å². The lowest BCUT2D eigenvalue weighted by Crippen LogP contribution is -2.30. The first-order valence-electron chi connectivity index (χ1n) is 6.91. The normalized spacial score (nSPS) is 17.3. The number of nitrogens with one attached hydrogen (secondary N) is 2. The van der Waals surface area contributed by atoms with E-state index in [1.807, 2.05) is 6.07 Å². The van der Waals surface area contributed by atoms with Crippen molar-refractivity contribution < 1.29 is 0 Å². The quantitative estimate of drug-likeness (QED) is 0.680. The average Bonchev–Trinajstić information content (AvgIpc) is 2.86. The number of halogens is 2. The maximum atomic E-state index is 6.14. The van der Waals surface area contributed by atoms with E-state index in [0.717, 1.165) is 18.0 Å². The van der Waals surface area contributed by atoms with E-state index in [1.165, 1.54) is 27.7 Å². The highest BCUT2D eigenvalue weighted by atomic mass is 35.5. The van der Waals surface area contributed by atoms with Crippen LogP contribution in [0.5, 0.6) is 0 Å². The Morgan fingerprint density at radius 1 is 1.05 bits per heavy atom. The average molecular weight is 319 g/mol. The van der Waals surface area contributed by atoms with Crippen LogP contribution in [0.1, 0.15) is 22.9 Å². The lowest BCUT2D eigenvalue weighted by molar-refractivity contribution is 0.560. The molecule has 4 heteroatoms. The number of fused-ring (bicyclic) bond motifs is 3. The molecule has 21 heavy (non-hydrogen) atoms. The molecule has 1 aromatic heterocycles. The molecule has 0 spiro atoms. The fraction of sp³-hybridized carbons (Fsp3) is 0.176. The molecule has 0 saturated heterocycles. The first-order valence-corrected chi connectivity index (χ1v) is 7.29. The third-order valence-corrected chi connectivity index (χ3v) is 4.28. The van der Waals surface area contributed by atoms with Crippen LogP contribution >= 0.6 is 24.0 Å². The van der Waals surface area contributed by atoms with E-state index >= 15 is 0 Å². The van der Waals surface area contributed by atoms with Crippen LogP contribution in [0.15, 0.2) is 48.5 Å². The van der Waals surface area contributed by atoms with Gasteiger partial charge in [0.15, 0.2) is 0 Å². The molecule has 1 unspecified atom stereocenters. The number of rotatable bonds is 1. The van der Waals surface area contributed by atoms with Crippen molar-refractivity contribution in [2.45, 2.75) is 12.5 Å². The van der Waals surface area contributed by atoms with Gasteiger partial charge in [-0.05, 0) is 35.7 Å². The minimum absolute atomic E-state index is 0. The molecule has 2 N–H and O–H groups in total. The second-order valence-corrected chi connectivity index (χ2v) is 5.69. The van der Waals surface area contributed by atoms with Crippen molar-refractivity contribution >= 4 is 34.9 Å². The van der Waals surface area contributed by atoms with E-state index in [2.05, 4.69) is 52.8 Å². The van der Waals surface area contributed by atoms with E-state index in [0.29, 0.717) is 0 Å². The fourth-order valence-electron chi connectivity index (χ4n) is 3.13. The summed E-state index contributed by atoms with van der Waals surface area (Å²) in [6, 6.07) is 16.9. The second kappa shape index (κ2) is 5.72. The summed E-state index contributed by atoms with van der Waals surface area (Å²) in [7, 11) is 0. The van der Waals surface area contributed by atoms with Gasteiger partial charge in [-0.1, -0.05) is 41.9 Å². The fourth-order valence-corrected chi connectivity index (χ4v) is 3.30. The van der Waals surface area contributed by atoms with Crippen molar-refractivity contribution in [1.29, 1.82) is 0 Å². The Labute approximate surface area is 134 Å². The molecule has 0 bridgehead atoms. The van der Waals surface area contributed by atoms with Gasteiger partial charge in [0.1, 0.15) is 0 Å². The molecule has 0 amide bonds. The summed E-state index contributed by atoms with van der Waals surface area (Å²) in [5, 5.41) is 5.66. The summed E-state index contributed by atoms with van der Waals surface area (Å²) in [5.41, 5.74) is 5.14. The Kier molecular flexibility index (Phi) is 3.94. The highest BCUT2D eigenvalue weighted by molar-refractivity contribution is 6.31. The number of H-pyrrole nitrogens is 1. The van der Waals surface area contributed by atoms with Crippen LogP contribution in [0, 0.1) is 0 Å². The molecule has 0 radical (unpaired) electrons. The lowest BCUT2D eigenvalue weighted by Gasteiger charge is -2.24. The molecule has 1 aliphatic heterocycles. The van der Waals surface area contributed by atoms with Crippen molar-refractivity contribution in [2.75, 3.05) is 6.54 Å². The van der Waals surface area contributed by atoms with Crippen LogP contribution in [0.25, 0.3) is 10.9 Å². The highest BCUT2D eigenvalue weighted by Crippen LogP contribution is 2.34. The summed E-state index contributed by atoms with van der Waals surface area (Å²) in [6.45, 7) is 0.992. The summed E-state index contributed by atoms with van der Waals surface area (Å²) < 4.78 is 0. The van der Waals surface area contributed by atoms with Crippen LogP contribution in [-0.4, -0.2) is 11.5 Å². The predicted molar refractivity (Wildman–Crippen MR) is 90.5 cm³/mol. The Bertz CT molecular complexity index is 765. The van der Waals surface area contributed by atoms with Gasteiger partial charge in [0, 0.05) is 28.2 Å². The number of hydrogen-bond donors (Lipinski definition) is 2. The van der Waals surface area contributed by atoms with E-state index in [4.69, 9.17) is 11.6 Å². The summed E-state index contributed by atoms with van der Waals surface area (Å²) >= 11 is 6.14. The number of aromatic amines is 1. The standard InChI is InChI=1S/C17H15ClN2.ClH/c18-12-6-7-15-14(10-12)13-8-9-19-16(17(13)20-15)11-4-2-1-3-5-11;/h1-7,10,16,19-20H,8-9H2;1H.